The molecule has 0 bridgehead atoms. The van der Waals surface area contributed by atoms with E-state index in [9.17, 15) is 19.8 Å². The Morgan fingerprint density at radius 2 is 1.61 bits per heavy atom. The molecule has 198 valence electrons. The molecular weight excluding hydrogens is 482 g/mol. The minimum Gasteiger partial charge on any atom is -0.507 e. The number of hydrogen-bond donors (Lipinski definition) is 2. The summed E-state index contributed by atoms with van der Waals surface area (Å²) in [5.74, 6) is -0.761. The third kappa shape index (κ3) is 5.23. The molecule has 1 fully saturated rings. The van der Waals surface area contributed by atoms with Gasteiger partial charge in [0.15, 0.2) is 11.5 Å². The molecule has 0 saturated carbocycles. The maximum Gasteiger partial charge on any atom is 0.300 e. The highest BCUT2D eigenvalue weighted by Crippen LogP contribution is 2.44. The van der Waals surface area contributed by atoms with Gasteiger partial charge in [0.25, 0.3) is 11.7 Å². The van der Waals surface area contributed by atoms with Gasteiger partial charge in [-0.3, -0.25) is 14.5 Å². The van der Waals surface area contributed by atoms with Crippen LogP contribution in [-0.2, 0) is 9.59 Å². The van der Waals surface area contributed by atoms with E-state index in [1.807, 2.05) is 26.0 Å². The summed E-state index contributed by atoms with van der Waals surface area (Å²) in [7, 11) is 0. The van der Waals surface area contributed by atoms with Crippen molar-refractivity contribution >= 4 is 23.1 Å². The number of amides is 1. The summed E-state index contributed by atoms with van der Waals surface area (Å²) >= 11 is 0. The number of phenols is 1. The van der Waals surface area contributed by atoms with Crippen molar-refractivity contribution in [3.63, 3.8) is 0 Å². The maximum absolute atomic E-state index is 13.4. The van der Waals surface area contributed by atoms with Crippen LogP contribution >= 0.6 is 0 Å². The van der Waals surface area contributed by atoms with Gasteiger partial charge in [0, 0.05) is 11.3 Å². The number of aromatic hydroxyl groups is 1. The van der Waals surface area contributed by atoms with Crippen molar-refractivity contribution in [2.24, 2.45) is 0 Å². The molecule has 1 unspecified atom stereocenters. The minimum absolute atomic E-state index is 0.0177. The highest BCUT2D eigenvalue weighted by atomic mass is 16.5. The standard InChI is InChI=1S/C31H33NO6/c1-6-37-26-17-22(11-16-25(26)33)28-27(29(34)21-9-14-24(15-10-21)38-19(4)5)30(35)31(36)32(28)23-12-7-20(8-13-23)18(2)3/h7-19,28,33-34H,6H2,1-5H3/b29-27-. The van der Waals surface area contributed by atoms with Crippen molar-refractivity contribution in [3.8, 4) is 17.2 Å². The van der Waals surface area contributed by atoms with E-state index in [1.165, 1.54) is 11.0 Å². The highest BCUT2D eigenvalue weighted by Gasteiger charge is 2.47. The number of Topliss-reactive ketones (excluding diaryl/α,β-unsaturated/α-hetero) is 1. The Balaban J connectivity index is 1.88. The number of nitrogens with zero attached hydrogens (tertiary/aromatic N) is 1. The van der Waals surface area contributed by atoms with Crippen LogP contribution in [0.2, 0.25) is 0 Å². The fourth-order valence-corrected chi connectivity index (χ4v) is 4.53. The van der Waals surface area contributed by atoms with Crippen LogP contribution in [0.25, 0.3) is 5.76 Å². The van der Waals surface area contributed by atoms with E-state index in [0.29, 0.717) is 35.1 Å². The second-order valence-corrected chi connectivity index (χ2v) is 9.77. The van der Waals surface area contributed by atoms with E-state index in [0.717, 1.165) is 5.56 Å². The molecule has 2 N–H and O–H groups in total. The number of hydrogen-bond acceptors (Lipinski definition) is 6. The van der Waals surface area contributed by atoms with Crippen LogP contribution in [-0.4, -0.2) is 34.6 Å². The number of rotatable bonds is 8. The number of ether oxygens (including phenoxy) is 2. The van der Waals surface area contributed by atoms with Crippen molar-refractivity contribution in [2.45, 2.75) is 52.7 Å². The number of benzene rings is 3. The average Bonchev–Trinajstić information content (AvgIpc) is 3.15. The Morgan fingerprint density at radius 3 is 2.18 bits per heavy atom. The molecule has 0 radical (unpaired) electrons. The van der Waals surface area contributed by atoms with Gasteiger partial charge in [0.2, 0.25) is 0 Å². The Hall–Kier alpha value is -4.26. The molecule has 3 aromatic carbocycles. The molecule has 1 amide bonds. The average molecular weight is 516 g/mol. The van der Waals surface area contributed by atoms with Gasteiger partial charge in [0.05, 0.1) is 24.3 Å². The number of carbonyl (C=O) groups excluding carboxylic acids is 2. The third-order valence-electron chi connectivity index (χ3n) is 6.38. The first-order valence-electron chi connectivity index (χ1n) is 12.8. The maximum atomic E-state index is 13.4. The largest absolute Gasteiger partial charge is 0.507 e. The van der Waals surface area contributed by atoms with Gasteiger partial charge in [-0.1, -0.05) is 32.0 Å². The fourth-order valence-electron chi connectivity index (χ4n) is 4.53. The summed E-state index contributed by atoms with van der Waals surface area (Å²) < 4.78 is 11.3. The lowest BCUT2D eigenvalue weighted by atomic mass is 9.94. The lowest BCUT2D eigenvalue weighted by Gasteiger charge is -2.26. The van der Waals surface area contributed by atoms with Crippen molar-refractivity contribution < 1.29 is 29.3 Å². The molecule has 1 saturated heterocycles. The molecule has 7 nitrogen and oxygen atoms in total. The van der Waals surface area contributed by atoms with E-state index in [1.54, 1.807) is 55.5 Å². The summed E-state index contributed by atoms with van der Waals surface area (Å²) in [4.78, 5) is 28.3. The van der Waals surface area contributed by atoms with Gasteiger partial charge in [0.1, 0.15) is 11.5 Å². The molecule has 0 aliphatic carbocycles. The molecule has 4 rings (SSSR count). The van der Waals surface area contributed by atoms with Crippen LogP contribution in [0.15, 0.2) is 72.3 Å². The molecule has 7 heteroatoms. The number of anilines is 1. The minimum atomic E-state index is -0.939. The fraction of sp³-hybridized carbons (Fsp3) is 0.290. The van der Waals surface area contributed by atoms with Gasteiger partial charge in [-0.2, -0.15) is 0 Å². The lowest BCUT2D eigenvalue weighted by Crippen LogP contribution is -2.29. The highest BCUT2D eigenvalue weighted by molar-refractivity contribution is 6.51. The quantitative estimate of drug-likeness (QED) is 0.207. The van der Waals surface area contributed by atoms with Crippen LogP contribution in [0.3, 0.4) is 0 Å². The molecule has 1 aliphatic rings. The van der Waals surface area contributed by atoms with Crippen LogP contribution < -0.4 is 14.4 Å². The van der Waals surface area contributed by atoms with Crippen molar-refractivity contribution in [1.29, 1.82) is 0 Å². The second-order valence-electron chi connectivity index (χ2n) is 9.77. The Bertz CT molecular complexity index is 1360. The lowest BCUT2D eigenvalue weighted by molar-refractivity contribution is -0.132. The summed E-state index contributed by atoms with van der Waals surface area (Å²) in [5, 5.41) is 21.7. The number of aliphatic hydroxyl groups excluding tert-OH is 1. The molecule has 1 aliphatic heterocycles. The number of carbonyl (C=O) groups is 2. The first-order valence-corrected chi connectivity index (χ1v) is 12.8. The Morgan fingerprint density at radius 1 is 0.947 bits per heavy atom. The monoisotopic (exact) mass is 515 g/mol. The molecule has 38 heavy (non-hydrogen) atoms. The van der Waals surface area contributed by atoms with Crippen LogP contribution in [0, 0.1) is 0 Å². The summed E-state index contributed by atoms with van der Waals surface area (Å²) in [6.45, 7) is 10.1. The van der Waals surface area contributed by atoms with Gasteiger partial charge < -0.3 is 19.7 Å². The predicted molar refractivity (Wildman–Crippen MR) is 147 cm³/mol. The zero-order valence-electron chi connectivity index (χ0n) is 22.3. The van der Waals surface area contributed by atoms with Crippen molar-refractivity contribution in [1.82, 2.24) is 0 Å². The number of aliphatic hydroxyl groups is 1. The van der Waals surface area contributed by atoms with E-state index >= 15 is 0 Å². The first-order chi connectivity index (χ1) is 18.1. The molecule has 3 aromatic rings. The molecular formula is C31H33NO6. The number of ketones is 1. The Labute approximate surface area is 222 Å². The molecule has 0 aromatic heterocycles. The predicted octanol–water partition coefficient (Wildman–Crippen LogP) is 6.33. The van der Waals surface area contributed by atoms with E-state index in [-0.39, 0.29) is 28.9 Å². The van der Waals surface area contributed by atoms with Crippen molar-refractivity contribution in [2.75, 3.05) is 11.5 Å². The SMILES string of the molecule is CCOc1cc(C2/C(=C(/O)c3ccc(OC(C)C)cc3)C(=O)C(=O)N2c2ccc(C(C)C)cc2)ccc1O. The van der Waals surface area contributed by atoms with Crippen molar-refractivity contribution in [3.05, 3.63) is 89.0 Å². The van der Waals surface area contributed by atoms with Crippen LogP contribution in [0.1, 0.15) is 63.3 Å². The topological polar surface area (TPSA) is 96.3 Å². The van der Waals surface area contributed by atoms with Gasteiger partial charge in [-0.15, -0.1) is 0 Å². The van der Waals surface area contributed by atoms with Gasteiger partial charge in [-0.25, -0.2) is 0 Å². The zero-order chi connectivity index (χ0) is 27.6. The zero-order valence-corrected chi connectivity index (χ0v) is 22.3. The second kappa shape index (κ2) is 11.0. The third-order valence-corrected chi connectivity index (χ3v) is 6.38. The van der Waals surface area contributed by atoms with E-state index in [4.69, 9.17) is 9.47 Å². The van der Waals surface area contributed by atoms with Crippen LogP contribution in [0.4, 0.5) is 5.69 Å². The molecule has 1 heterocycles. The molecule has 0 spiro atoms. The smallest absolute Gasteiger partial charge is 0.300 e. The summed E-state index contributed by atoms with van der Waals surface area (Å²) in [5.41, 5.74) is 2.46. The Kier molecular flexibility index (Phi) is 7.76. The first kappa shape index (κ1) is 26.8. The van der Waals surface area contributed by atoms with Crippen LogP contribution in [0.5, 0.6) is 17.2 Å². The normalized spacial score (nSPS) is 16.9. The van der Waals surface area contributed by atoms with E-state index in [2.05, 4.69) is 13.8 Å². The molecule has 1 atom stereocenters. The summed E-state index contributed by atoms with van der Waals surface area (Å²) in [6, 6.07) is 17.9. The van der Waals surface area contributed by atoms with Gasteiger partial charge >= 0.3 is 0 Å². The summed E-state index contributed by atoms with van der Waals surface area (Å²) in [6.07, 6.45) is -0.0177. The van der Waals surface area contributed by atoms with Gasteiger partial charge in [-0.05, 0) is 86.3 Å². The number of phenolic OH excluding ortho intramolecular Hbond substituents is 1. The van der Waals surface area contributed by atoms with E-state index < -0.39 is 17.7 Å².